The predicted molar refractivity (Wildman–Crippen MR) is 40.0 cm³/mol. The van der Waals surface area contributed by atoms with Crippen LogP contribution in [-0.2, 0) is 14.3 Å². The predicted octanol–water partition coefficient (Wildman–Crippen LogP) is -1.04. The van der Waals surface area contributed by atoms with Crippen molar-refractivity contribution in [1.29, 1.82) is 0 Å². The number of esters is 1. The van der Waals surface area contributed by atoms with Gasteiger partial charge < -0.3 is 15.6 Å². The zero-order valence-corrected chi connectivity index (χ0v) is 6.32. The van der Waals surface area contributed by atoms with E-state index in [-0.39, 0.29) is 13.0 Å². The molecule has 3 N–H and O–H groups in total. The Bertz CT molecular complexity index is 218. The molecule has 0 spiro atoms. The SMILES string of the molecule is C#CCOC(=O)CC(N)C(=O)O. The first-order valence-electron chi connectivity index (χ1n) is 3.15. The molecule has 0 aliphatic rings. The molecule has 66 valence electrons. The molecule has 0 aliphatic heterocycles. The zero-order chi connectivity index (χ0) is 9.56. The molecule has 0 fully saturated rings. The van der Waals surface area contributed by atoms with Crippen LogP contribution in [0.25, 0.3) is 0 Å². The monoisotopic (exact) mass is 171 g/mol. The van der Waals surface area contributed by atoms with Gasteiger partial charge in [-0.1, -0.05) is 5.92 Å². The van der Waals surface area contributed by atoms with Gasteiger partial charge in [0, 0.05) is 0 Å². The molecular weight excluding hydrogens is 162 g/mol. The van der Waals surface area contributed by atoms with Gasteiger partial charge in [0.25, 0.3) is 0 Å². The summed E-state index contributed by atoms with van der Waals surface area (Å²) in [6, 6.07) is -1.23. The number of nitrogens with two attached hydrogens (primary N) is 1. The molecule has 0 aromatic heterocycles. The van der Waals surface area contributed by atoms with Crippen LogP contribution in [0.4, 0.5) is 0 Å². The lowest BCUT2D eigenvalue weighted by molar-refractivity contribution is -0.147. The Labute approximate surface area is 69.5 Å². The van der Waals surface area contributed by atoms with Crippen molar-refractivity contribution >= 4 is 11.9 Å². The Morgan fingerprint density at radius 3 is 2.67 bits per heavy atom. The summed E-state index contributed by atoms with van der Waals surface area (Å²) >= 11 is 0. The summed E-state index contributed by atoms with van der Waals surface area (Å²) in [6.45, 7) is -0.162. The highest BCUT2D eigenvalue weighted by Gasteiger charge is 2.16. The first-order valence-corrected chi connectivity index (χ1v) is 3.15. The van der Waals surface area contributed by atoms with Crippen LogP contribution in [0.15, 0.2) is 0 Å². The summed E-state index contributed by atoms with van der Waals surface area (Å²) in [7, 11) is 0. The Kier molecular flexibility index (Phi) is 4.49. The van der Waals surface area contributed by atoms with Gasteiger partial charge in [-0.2, -0.15) is 0 Å². The fraction of sp³-hybridized carbons (Fsp3) is 0.429. The molecule has 0 aromatic carbocycles. The Morgan fingerprint density at radius 1 is 1.67 bits per heavy atom. The van der Waals surface area contributed by atoms with Gasteiger partial charge in [0.2, 0.25) is 0 Å². The summed E-state index contributed by atoms with van der Waals surface area (Å²) in [6.07, 6.45) is 4.43. The van der Waals surface area contributed by atoms with Crippen molar-refractivity contribution in [3.8, 4) is 12.3 Å². The molecule has 0 radical (unpaired) electrons. The van der Waals surface area contributed by atoms with Gasteiger partial charge in [0.1, 0.15) is 6.04 Å². The van der Waals surface area contributed by atoms with E-state index in [1.807, 2.05) is 0 Å². The number of carbonyl (C=O) groups excluding carboxylic acids is 1. The third-order valence-corrected chi connectivity index (χ3v) is 1.02. The molecule has 0 rings (SSSR count). The van der Waals surface area contributed by atoms with E-state index in [2.05, 4.69) is 10.7 Å². The second kappa shape index (κ2) is 5.16. The maximum Gasteiger partial charge on any atom is 0.321 e. The van der Waals surface area contributed by atoms with Crippen LogP contribution in [0.3, 0.4) is 0 Å². The summed E-state index contributed by atoms with van der Waals surface area (Å²) < 4.78 is 4.39. The Hall–Kier alpha value is -1.54. The molecule has 5 heteroatoms. The van der Waals surface area contributed by atoms with E-state index in [4.69, 9.17) is 17.3 Å². The standard InChI is InChI=1S/C7H9NO4/c1-2-3-12-6(9)4-5(8)7(10)11/h1,5H,3-4,8H2,(H,10,11). The molecular formula is C7H9NO4. The highest BCUT2D eigenvalue weighted by atomic mass is 16.5. The maximum absolute atomic E-state index is 10.7. The molecule has 0 aromatic rings. The third-order valence-electron chi connectivity index (χ3n) is 1.02. The maximum atomic E-state index is 10.7. The molecule has 0 heterocycles. The average molecular weight is 171 g/mol. The molecule has 0 saturated carbocycles. The quantitative estimate of drug-likeness (QED) is 0.416. The van der Waals surface area contributed by atoms with Gasteiger partial charge >= 0.3 is 11.9 Å². The number of carbonyl (C=O) groups is 2. The highest BCUT2D eigenvalue weighted by Crippen LogP contribution is 1.91. The topological polar surface area (TPSA) is 89.6 Å². The van der Waals surface area contributed by atoms with Crippen molar-refractivity contribution in [3.05, 3.63) is 0 Å². The zero-order valence-electron chi connectivity index (χ0n) is 6.32. The number of rotatable bonds is 4. The normalized spacial score (nSPS) is 11.3. The lowest BCUT2D eigenvalue weighted by Gasteiger charge is -2.04. The van der Waals surface area contributed by atoms with Crippen molar-refractivity contribution in [2.45, 2.75) is 12.5 Å². The number of hydrogen-bond acceptors (Lipinski definition) is 4. The Morgan fingerprint density at radius 2 is 2.25 bits per heavy atom. The van der Waals surface area contributed by atoms with Crippen LogP contribution in [0.5, 0.6) is 0 Å². The third kappa shape index (κ3) is 4.30. The smallest absolute Gasteiger partial charge is 0.321 e. The van der Waals surface area contributed by atoms with Crippen LogP contribution in [0.2, 0.25) is 0 Å². The molecule has 0 bridgehead atoms. The fourth-order valence-electron chi connectivity index (χ4n) is 0.448. The van der Waals surface area contributed by atoms with Crippen LogP contribution in [0, 0.1) is 12.3 Å². The van der Waals surface area contributed by atoms with E-state index in [1.165, 1.54) is 0 Å². The second-order valence-electron chi connectivity index (χ2n) is 2.01. The van der Waals surface area contributed by atoms with Gasteiger partial charge in [0.05, 0.1) is 6.42 Å². The van der Waals surface area contributed by atoms with Crippen molar-refractivity contribution in [1.82, 2.24) is 0 Å². The van der Waals surface area contributed by atoms with Gasteiger partial charge in [-0.15, -0.1) is 6.42 Å². The minimum atomic E-state index is -1.24. The minimum absolute atomic E-state index is 0.162. The van der Waals surface area contributed by atoms with Gasteiger partial charge in [-0.25, -0.2) is 0 Å². The first kappa shape index (κ1) is 10.5. The van der Waals surface area contributed by atoms with Gasteiger partial charge in [-0.05, 0) is 0 Å². The van der Waals surface area contributed by atoms with Crippen LogP contribution < -0.4 is 5.73 Å². The number of hydrogen-bond donors (Lipinski definition) is 2. The molecule has 12 heavy (non-hydrogen) atoms. The molecule has 0 saturated heterocycles. The van der Waals surface area contributed by atoms with Crippen LogP contribution in [0.1, 0.15) is 6.42 Å². The molecule has 1 atom stereocenters. The van der Waals surface area contributed by atoms with Crippen LogP contribution in [-0.4, -0.2) is 29.7 Å². The largest absolute Gasteiger partial charge is 0.480 e. The van der Waals surface area contributed by atoms with Gasteiger partial charge in [-0.3, -0.25) is 9.59 Å². The van der Waals surface area contributed by atoms with Crippen molar-refractivity contribution < 1.29 is 19.4 Å². The Balaban J connectivity index is 3.71. The van der Waals surface area contributed by atoms with Gasteiger partial charge in [0.15, 0.2) is 6.61 Å². The van der Waals surface area contributed by atoms with Crippen LogP contribution >= 0.6 is 0 Å². The van der Waals surface area contributed by atoms with E-state index >= 15 is 0 Å². The summed E-state index contributed by atoms with van der Waals surface area (Å²) in [4.78, 5) is 20.8. The summed E-state index contributed by atoms with van der Waals surface area (Å²) in [5.41, 5.74) is 5.04. The highest BCUT2D eigenvalue weighted by molar-refractivity contribution is 5.81. The molecule has 1 unspecified atom stereocenters. The number of terminal acetylenes is 1. The molecule has 5 nitrogen and oxygen atoms in total. The van der Waals surface area contributed by atoms with E-state index in [0.717, 1.165) is 0 Å². The first-order chi connectivity index (χ1) is 5.57. The fourth-order valence-corrected chi connectivity index (χ4v) is 0.448. The average Bonchev–Trinajstić information content (AvgIpc) is 2.00. The van der Waals surface area contributed by atoms with E-state index in [0.29, 0.717) is 0 Å². The van der Waals surface area contributed by atoms with Crippen molar-refractivity contribution in [3.63, 3.8) is 0 Å². The second-order valence-corrected chi connectivity index (χ2v) is 2.01. The van der Waals surface area contributed by atoms with Crippen molar-refractivity contribution in [2.24, 2.45) is 5.73 Å². The summed E-state index contributed by atoms with van der Waals surface area (Å²) in [5.74, 6) is 0.121. The number of ether oxygens (including phenoxy) is 1. The summed E-state index contributed by atoms with van der Waals surface area (Å²) in [5, 5.41) is 8.28. The van der Waals surface area contributed by atoms with E-state index < -0.39 is 18.0 Å². The number of aliphatic carboxylic acids is 1. The lowest BCUT2D eigenvalue weighted by Crippen LogP contribution is -2.33. The molecule has 0 amide bonds. The number of carboxylic acids is 1. The van der Waals surface area contributed by atoms with Crippen molar-refractivity contribution in [2.75, 3.05) is 6.61 Å². The minimum Gasteiger partial charge on any atom is -0.480 e. The van der Waals surface area contributed by atoms with E-state index in [1.54, 1.807) is 0 Å². The number of carboxylic acid groups (broad SMARTS) is 1. The van der Waals surface area contributed by atoms with E-state index in [9.17, 15) is 9.59 Å². The lowest BCUT2D eigenvalue weighted by atomic mass is 10.2. The molecule has 0 aliphatic carbocycles.